The molecule has 6 heteroatoms. The largest absolute Gasteiger partial charge is 0.355 e. The van der Waals surface area contributed by atoms with Crippen molar-refractivity contribution in [3.05, 3.63) is 0 Å². The summed E-state index contributed by atoms with van der Waals surface area (Å²) in [7, 11) is 0. The van der Waals surface area contributed by atoms with E-state index in [4.69, 9.17) is 0 Å². The highest BCUT2D eigenvalue weighted by Crippen LogP contribution is 2.09. The first-order valence-electron chi connectivity index (χ1n) is 6.53. The van der Waals surface area contributed by atoms with Crippen LogP contribution in [-0.4, -0.2) is 49.4 Å². The average Bonchev–Trinajstić information content (AvgIpc) is 2.27. The Morgan fingerprint density at radius 3 is 2.39 bits per heavy atom. The molecule has 2 fully saturated rings. The van der Waals surface area contributed by atoms with Crippen molar-refractivity contribution >= 4 is 24.2 Å². The fourth-order valence-corrected chi connectivity index (χ4v) is 2.21. The molecule has 0 atom stereocenters. The Hall–Kier alpha value is -0.810. The Kier molecular flexibility index (Phi) is 6.43. The molecule has 0 bridgehead atoms. The van der Waals surface area contributed by atoms with Crippen LogP contribution in [0.1, 0.15) is 25.7 Å². The predicted octanol–water partition coefficient (Wildman–Crippen LogP) is 0.146. The number of amides is 2. The molecular formula is C12H22ClN3O2. The summed E-state index contributed by atoms with van der Waals surface area (Å²) in [5, 5.41) is 5.89. The molecule has 0 spiro atoms. The molecular weight excluding hydrogens is 254 g/mol. The van der Waals surface area contributed by atoms with Gasteiger partial charge in [-0.2, -0.15) is 0 Å². The van der Waals surface area contributed by atoms with E-state index in [0.29, 0.717) is 13.0 Å². The van der Waals surface area contributed by atoms with Gasteiger partial charge < -0.3 is 15.5 Å². The number of hydrogen-bond acceptors (Lipinski definition) is 3. The van der Waals surface area contributed by atoms with Gasteiger partial charge in [0.2, 0.25) is 11.8 Å². The van der Waals surface area contributed by atoms with E-state index in [2.05, 4.69) is 10.6 Å². The van der Waals surface area contributed by atoms with Crippen LogP contribution in [0.15, 0.2) is 0 Å². The van der Waals surface area contributed by atoms with E-state index in [1.807, 2.05) is 4.90 Å². The molecule has 0 unspecified atom stereocenters. The van der Waals surface area contributed by atoms with Gasteiger partial charge in [-0.05, 0) is 19.3 Å². The zero-order valence-electron chi connectivity index (χ0n) is 10.6. The first kappa shape index (κ1) is 15.2. The lowest BCUT2D eigenvalue weighted by Crippen LogP contribution is -2.51. The lowest BCUT2D eigenvalue weighted by atomic mass is 10.0. The monoisotopic (exact) mass is 275 g/mol. The third-order valence-electron chi connectivity index (χ3n) is 3.50. The number of carbonyl (C=O) groups is 2. The molecule has 0 radical (unpaired) electrons. The summed E-state index contributed by atoms with van der Waals surface area (Å²) in [6.07, 6.45) is 3.90. The maximum absolute atomic E-state index is 11.8. The van der Waals surface area contributed by atoms with Crippen LogP contribution in [0.4, 0.5) is 0 Å². The van der Waals surface area contributed by atoms with Gasteiger partial charge in [-0.3, -0.25) is 9.59 Å². The van der Waals surface area contributed by atoms with Crippen LogP contribution < -0.4 is 10.6 Å². The first-order valence-corrected chi connectivity index (χ1v) is 6.53. The molecule has 0 aliphatic carbocycles. The molecule has 2 saturated heterocycles. The number of likely N-dealkylation sites (tertiary alicyclic amines) is 1. The van der Waals surface area contributed by atoms with Gasteiger partial charge in [0.25, 0.3) is 0 Å². The average molecular weight is 276 g/mol. The van der Waals surface area contributed by atoms with Crippen LogP contribution >= 0.6 is 12.4 Å². The van der Waals surface area contributed by atoms with Gasteiger partial charge in [0, 0.05) is 39.1 Å². The lowest BCUT2D eigenvalue weighted by molar-refractivity contribution is -0.132. The SMILES string of the molecule is Cl.O=C(NCCC(=O)N1CCCCC1)C1CNC1. The van der Waals surface area contributed by atoms with Crippen molar-refractivity contribution in [2.24, 2.45) is 5.92 Å². The summed E-state index contributed by atoms with van der Waals surface area (Å²) in [4.78, 5) is 25.2. The minimum absolute atomic E-state index is 0. The van der Waals surface area contributed by atoms with E-state index in [1.54, 1.807) is 0 Å². The second-order valence-corrected chi connectivity index (χ2v) is 4.84. The number of piperidine rings is 1. The maximum atomic E-state index is 11.8. The summed E-state index contributed by atoms with van der Waals surface area (Å²) < 4.78 is 0. The second kappa shape index (κ2) is 7.59. The quantitative estimate of drug-likeness (QED) is 0.768. The van der Waals surface area contributed by atoms with Crippen molar-refractivity contribution in [2.45, 2.75) is 25.7 Å². The Morgan fingerprint density at radius 1 is 1.17 bits per heavy atom. The predicted molar refractivity (Wildman–Crippen MR) is 71.7 cm³/mol. The van der Waals surface area contributed by atoms with Gasteiger partial charge in [-0.1, -0.05) is 0 Å². The van der Waals surface area contributed by atoms with Gasteiger partial charge in [-0.25, -0.2) is 0 Å². The van der Waals surface area contributed by atoms with E-state index in [9.17, 15) is 9.59 Å². The van der Waals surface area contributed by atoms with E-state index in [0.717, 1.165) is 39.0 Å². The third kappa shape index (κ3) is 4.14. The zero-order valence-corrected chi connectivity index (χ0v) is 11.4. The standard InChI is InChI=1S/C12H21N3O2.ClH/c16-11(15-6-2-1-3-7-15)4-5-14-12(17)10-8-13-9-10;/h10,13H,1-9H2,(H,14,17);1H. The lowest BCUT2D eigenvalue weighted by Gasteiger charge is -2.28. The number of halogens is 1. The highest BCUT2D eigenvalue weighted by molar-refractivity contribution is 5.85. The van der Waals surface area contributed by atoms with Gasteiger partial charge in [0.05, 0.1) is 5.92 Å². The summed E-state index contributed by atoms with van der Waals surface area (Å²) in [5.74, 6) is 0.368. The summed E-state index contributed by atoms with van der Waals surface area (Å²) >= 11 is 0. The Morgan fingerprint density at radius 2 is 1.83 bits per heavy atom. The number of nitrogens with one attached hydrogen (secondary N) is 2. The molecule has 0 aromatic heterocycles. The molecule has 104 valence electrons. The van der Waals surface area contributed by atoms with Crippen LogP contribution in [-0.2, 0) is 9.59 Å². The van der Waals surface area contributed by atoms with Gasteiger partial charge in [-0.15, -0.1) is 12.4 Å². The molecule has 2 aliphatic heterocycles. The molecule has 2 N–H and O–H groups in total. The fourth-order valence-electron chi connectivity index (χ4n) is 2.21. The normalized spacial score (nSPS) is 19.7. The van der Waals surface area contributed by atoms with E-state index < -0.39 is 0 Å². The topological polar surface area (TPSA) is 61.4 Å². The van der Waals surface area contributed by atoms with Crippen molar-refractivity contribution in [3.8, 4) is 0 Å². The molecule has 0 aromatic carbocycles. The minimum atomic E-state index is 0. The smallest absolute Gasteiger partial charge is 0.225 e. The Bertz CT molecular complexity index is 289. The summed E-state index contributed by atoms with van der Waals surface area (Å²) in [6, 6.07) is 0. The fraction of sp³-hybridized carbons (Fsp3) is 0.833. The van der Waals surface area contributed by atoms with Crippen LogP contribution in [0.3, 0.4) is 0 Å². The Labute approximate surface area is 114 Å². The molecule has 0 aromatic rings. The number of nitrogens with zero attached hydrogens (tertiary/aromatic N) is 1. The molecule has 2 rings (SSSR count). The van der Waals surface area contributed by atoms with E-state index in [1.165, 1.54) is 6.42 Å². The first-order chi connectivity index (χ1) is 8.27. The summed E-state index contributed by atoms with van der Waals surface area (Å²) in [5.41, 5.74) is 0. The number of carbonyl (C=O) groups excluding carboxylic acids is 2. The van der Waals surface area contributed by atoms with Crippen molar-refractivity contribution in [2.75, 3.05) is 32.7 Å². The van der Waals surface area contributed by atoms with Gasteiger partial charge in [0.15, 0.2) is 0 Å². The molecule has 2 amide bonds. The molecule has 0 saturated carbocycles. The van der Waals surface area contributed by atoms with Gasteiger partial charge >= 0.3 is 0 Å². The van der Waals surface area contributed by atoms with E-state index >= 15 is 0 Å². The van der Waals surface area contributed by atoms with Crippen molar-refractivity contribution < 1.29 is 9.59 Å². The van der Waals surface area contributed by atoms with Gasteiger partial charge in [0.1, 0.15) is 0 Å². The van der Waals surface area contributed by atoms with Crippen molar-refractivity contribution in [1.29, 1.82) is 0 Å². The highest BCUT2D eigenvalue weighted by atomic mass is 35.5. The van der Waals surface area contributed by atoms with Crippen LogP contribution in [0, 0.1) is 5.92 Å². The van der Waals surface area contributed by atoms with E-state index in [-0.39, 0.29) is 30.1 Å². The van der Waals surface area contributed by atoms with Crippen LogP contribution in [0.5, 0.6) is 0 Å². The number of hydrogen-bond donors (Lipinski definition) is 2. The zero-order chi connectivity index (χ0) is 12.1. The Balaban J connectivity index is 0.00000162. The maximum Gasteiger partial charge on any atom is 0.225 e. The molecule has 5 nitrogen and oxygen atoms in total. The van der Waals surface area contributed by atoms with Crippen molar-refractivity contribution in [3.63, 3.8) is 0 Å². The minimum Gasteiger partial charge on any atom is -0.355 e. The molecule has 2 aliphatic rings. The molecule has 2 heterocycles. The summed E-state index contributed by atoms with van der Waals surface area (Å²) in [6.45, 7) is 3.79. The van der Waals surface area contributed by atoms with Crippen LogP contribution in [0.2, 0.25) is 0 Å². The second-order valence-electron chi connectivity index (χ2n) is 4.84. The van der Waals surface area contributed by atoms with Crippen LogP contribution in [0.25, 0.3) is 0 Å². The third-order valence-corrected chi connectivity index (χ3v) is 3.50. The highest BCUT2D eigenvalue weighted by Gasteiger charge is 2.24. The van der Waals surface area contributed by atoms with Crippen molar-refractivity contribution in [1.82, 2.24) is 15.5 Å². The number of rotatable bonds is 4. The molecule has 18 heavy (non-hydrogen) atoms.